The summed E-state index contributed by atoms with van der Waals surface area (Å²) in [6.45, 7) is 3.44. The number of thioether (sulfide) groups is 1. The van der Waals surface area contributed by atoms with Crippen LogP contribution in [0.5, 0.6) is 0 Å². The van der Waals surface area contributed by atoms with Gasteiger partial charge in [0.1, 0.15) is 5.54 Å². The van der Waals surface area contributed by atoms with Crippen LogP contribution in [0.15, 0.2) is 0 Å². The van der Waals surface area contributed by atoms with Gasteiger partial charge in [0.05, 0.1) is 11.3 Å². The summed E-state index contributed by atoms with van der Waals surface area (Å²) >= 11 is 1.70. The van der Waals surface area contributed by atoms with Crippen molar-refractivity contribution in [3.05, 3.63) is 0 Å². The van der Waals surface area contributed by atoms with E-state index < -0.39 is 5.54 Å². The van der Waals surface area contributed by atoms with Crippen LogP contribution in [0.4, 0.5) is 0 Å². The molecule has 0 aromatic heterocycles. The predicted molar refractivity (Wildman–Crippen MR) is 57.9 cm³/mol. The van der Waals surface area contributed by atoms with Crippen LogP contribution in [-0.2, 0) is 4.79 Å². The molecular formula is C10H16N2OS. The molecule has 0 aromatic rings. The smallest absolute Gasteiger partial charge is 0.234 e. The summed E-state index contributed by atoms with van der Waals surface area (Å²) in [5.41, 5.74) is -0.741. The lowest BCUT2D eigenvalue weighted by molar-refractivity contribution is -0.121. The van der Waals surface area contributed by atoms with Gasteiger partial charge < -0.3 is 5.32 Å². The molecule has 0 aliphatic carbocycles. The monoisotopic (exact) mass is 212 g/mol. The summed E-state index contributed by atoms with van der Waals surface area (Å²) in [4.78, 5) is 11.7. The summed E-state index contributed by atoms with van der Waals surface area (Å²) in [6.07, 6.45) is 3.27. The predicted octanol–water partition coefficient (Wildman–Crippen LogP) is 1.69. The van der Waals surface area contributed by atoms with E-state index in [1.54, 1.807) is 25.6 Å². The fraction of sp³-hybridized carbons (Fsp3) is 0.800. The minimum Gasteiger partial charge on any atom is -0.337 e. The van der Waals surface area contributed by atoms with Gasteiger partial charge in [0, 0.05) is 0 Å². The van der Waals surface area contributed by atoms with Crippen LogP contribution < -0.4 is 5.32 Å². The zero-order valence-corrected chi connectivity index (χ0v) is 9.49. The van der Waals surface area contributed by atoms with Crippen LogP contribution >= 0.6 is 11.8 Å². The lowest BCUT2D eigenvalue weighted by atomic mass is 10.1. The maximum Gasteiger partial charge on any atom is 0.234 e. The molecule has 1 amide bonds. The van der Waals surface area contributed by atoms with E-state index in [4.69, 9.17) is 5.26 Å². The third-order valence-corrected chi connectivity index (χ3v) is 3.56. The van der Waals surface area contributed by atoms with Crippen molar-refractivity contribution in [3.8, 4) is 6.07 Å². The molecule has 0 spiro atoms. The SMILES string of the molecule is CC(C)(C#N)NC(=O)C1CCCCS1. The zero-order chi connectivity index (χ0) is 10.6. The summed E-state index contributed by atoms with van der Waals surface area (Å²) < 4.78 is 0. The second-order valence-electron chi connectivity index (χ2n) is 4.08. The third-order valence-electron chi connectivity index (χ3n) is 2.19. The molecule has 0 radical (unpaired) electrons. The molecule has 1 fully saturated rings. The molecule has 1 N–H and O–H groups in total. The van der Waals surface area contributed by atoms with Gasteiger partial charge in [-0.2, -0.15) is 5.26 Å². The minimum atomic E-state index is -0.741. The first-order chi connectivity index (χ1) is 6.55. The lowest BCUT2D eigenvalue weighted by Crippen LogP contribution is -2.46. The Morgan fingerprint density at radius 3 is 2.79 bits per heavy atom. The summed E-state index contributed by atoms with van der Waals surface area (Å²) in [5, 5.41) is 11.6. The van der Waals surface area contributed by atoms with Crippen LogP contribution in [-0.4, -0.2) is 22.4 Å². The Bertz CT molecular complexity index is 251. The van der Waals surface area contributed by atoms with Crippen LogP contribution in [0.25, 0.3) is 0 Å². The molecule has 78 valence electrons. The average molecular weight is 212 g/mol. The van der Waals surface area contributed by atoms with Gasteiger partial charge >= 0.3 is 0 Å². The Labute approximate surface area is 89.2 Å². The second kappa shape index (κ2) is 4.70. The van der Waals surface area contributed by atoms with Crippen LogP contribution in [0.3, 0.4) is 0 Å². The van der Waals surface area contributed by atoms with Crippen molar-refractivity contribution in [2.75, 3.05) is 5.75 Å². The van der Waals surface area contributed by atoms with Crippen LogP contribution in [0, 0.1) is 11.3 Å². The van der Waals surface area contributed by atoms with Gasteiger partial charge in [-0.05, 0) is 32.4 Å². The van der Waals surface area contributed by atoms with Crippen molar-refractivity contribution in [1.29, 1.82) is 5.26 Å². The molecule has 0 bridgehead atoms. The van der Waals surface area contributed by atoms with E-state index in [0.29, 0.717) is 0 Å². The highest BCUT2D eigenvalue weighted by Gasteiger charge is 2.26. The molecule has 0 saturated carbocycles. The van der Waals surface area contributed by atoms with Crippen molar-refractivity contribution < 1.29 is 4.79 Å². The number of rotatable bonds is 2. The van der Waals surface area contributed by atoms with E-state index in [-0.39, 0.29) is 11.2 Å². The molecule has 14 heavy (non-hydrogen) atoms. The van der Waals surface area contributed by atoms with Crippen LogP contribution in [0.2, 0.25) is 0 Å². The number of nitrogens with zero attached hydrogens (tertiary/aromatic N) is 1. The first kappa shape index (κ1) is 11.4. The molecule has 1 rings (SSSR count). The lowest BCUT2D eigenvalue weighted by Gasteiger charge is -2.24. The minimum absolute atomic E-state index is 0.0150. The van der Waals surface area contributed by atoms with Crippen molar-refractivity contribution in [3.63, 3.8) is 0 Å². The van der Waals surface area contributed by atoms with E-state index in [9.17, 15) is 4.79 Å². The number of nitrogens with one attached hydrogen (secondary N) is 1. The summed E-state index contributed by atoms with van der Waals surface area (Å²) in [7, 11) is 0. The number of nitriles is 1. The maximum absolute atomic E-state index is 11.7. The van der Waals surface area contributed by atoms with E-state index in [1.807, 2.05) is 0 Å². The van der Waals surface area contributed by atoms with Gasteiger partial charge in [0.2, 0.25) is 5.91 Å². The van der Waals surface area contributed by atoms with E-state index in [2.05, 4.69) is 11.4 Å². The third kappa shape index (κ3) is 3.22. The van der Waals surface area contributed by atoms with Gasteiger partial charge in [-0.3, -0.25) is 4.79 Å². The van der Waals surface area contributed by atoms with Gasteiger partial charge in [-0.15, -0.1) is 11.8 Å². The molecule has 3 nitrogen and oxygen atoms in total. The number of hydrogen-bond donors (Lipinski definition) is 1. The first-order valence-electron chi connectivity index (χ1n) is 4.90. The quantitative estimate of drug-likeness (QED) is 0.758. The van der Waals surface area contributed by atoms with Gasteiger partial charge in [0.25, 0.3) is 0 Å². The highest BCUT2D eigenvalue weighted by atomic mass is 32.2. The molecule has 1 heterocycles. The van der Waals surface area contributed by atoms with Gasteiger partial charge in [0.15, 0.2) is 0 Å². The van der Waals surface area contributed by atoms with Gasteiger partial charge in [-0.1, -0.05) is 6.42 Å². The van der Waals surface area contributed by atoms with Crippen molar-refractivity contribution in [1.82, 2.24) is 5.32 Å². The number of carbonyl (C=O) groups is 1. The van der Waals surface area contributed by atoms with E-state index in [1.165, 1.54) is 6.42 Å². The largest absolute Gasteiger partial charge is 0.337 e. The van der Waals surface area contributed by atoms with Crippen molar-refractivity contribution in [2.45, 2.75) is 43.9 Å². The van der Waals surface area contributed by atoms with Crippen molar-refractivity contribution >= 4 is 17.7 Å². The molecule has 1 aliphatic rings. The number of carbonyl (C=O) groups excluding carboxylic acids is 1. The molecular weight excluding hydrogens is 196 g/mol. The number of amides is 1. The van der Waals surface area contributed by atoms with Gasteiger partial charge in [-0.25, -0.2) is 0 Å². The molecule has 0 aromatic carbocycles. The number of hydrogen-bond acceptors (Lipinski definition) is 3. The highest BCUT2D eigenvalue weighted by molar-refractivity contribution is 8.00. The molecule has 4 heteroatoms. The van der Waals surface area contributed by atoms with E-state index >= 15 is 0 Å². The molecule has 1 saturated heterocycles. The Hall–Kier alpha value is -0.690. The highest BCUT2D eigenvalue weighted by Crippen LogP contribution is 2.25. The molecule has 1 atom stereocenters. The Kier molecular flexibility index (Phi) is 3.82. The summed E-state index contributed by atoms with van der Waals surface area (Å²) in [6, 6.07) is 2.07. The van der Waals surface area contributed by atoms with Crippen LogP contribution in [0.1, 0.15) is 33.1 Å². The molecule has 1 unspecified atom stereocenters. The average Bonchev–Trinajstić information content (AvgIpc) is 2.19. The van der Waals surface area contributed by atoms with E-state index in [0.717, 1.165) is 18.6 Å². The summed E-state index contributed by atoms with van der Waals surface area (Å²) in [5.74, 6) is 1.08. The Morgan fingerprint density at radius 2 is 2.29 bits per heavy atom. The maximum atomic E-state index is 11.7. The normalized spacial score (nSPS) is 22.5. The second-order valence-corrected chi connectivity index (χ2v) is 5.39. The Morgan fingerprint density at radius 1 is 1.57 bits per heavy atom. The standard InChI is InChI=1S/C10H16N2OS/c1-10(2,7-11)12-9(13)8-5-3-4-6-14-8/h8H,3-6H2,1-2H3,(H,12,13). The Balaban J connectivity index is 2.45. The first-order valence-corrected chi connectivity index (χ1v) is 5.95. The molecule has 1 aliphatic heterocycles. The van der Waals surface area contributed by atoms with Crippen molar-refractivity contribution in [2.24, 2.45) is 0 Å². The fourth-order valence-corrected chi connectivity index (χ4v) is 2.56. The topological polar surface area (TPSA) is 52.9 Å². The zero-order valence-electron chi connectivity index (χ0n) is 8.67. The fourth-order valence-electron chi connectivity index (χ4n) is 1.36.